The van der Waals surface area contributed by atoms with Gasteiger partial charge in [0.15, 0.2) is 12.1 Å². The zero-order chi connectivity index (χ0) is 33.2. The highest BCUT2D eigenvalue weighted by Crippen LogP contribution is 2.38. The Labute approximate surface area is 262 Å². The van der Waals surface area contributed by atoms with Gasteiger partial charge in [-0.2, -0.15) is 26.3 Å². The first kappa shape index (κ1) is 33.7. The number of fused-ring (bicyclic) bond motifs is 1. The molecule has 3 aliphatic rings. The highest BCUT2D eigenvalue weighted by atomic mass is 19.4. The van der Waals surface area contributed by atoms with Crippen molar-refractivity contribution < 1.29 is 45.8 Å². The molecule has 2 N–H and O–H groups in total. The predicted octanol–water partition coefficient (Wildman–Crippen LogP) is 5.88. The Kier molecular flexibility index (Phi) is 9.99. The van der Waals surface area contributed by atoms with Gasteiger partial charge in [-0.1, -0.05) is 24.3 Å². The topological polar surface area (TPSA) is 86.6 Å². The first-order valence-electron chi connectivity index (χ1n) is 15.1. The Morgan fingerprint density at radius 1 is 1.07 bits per heavy atom. The van der Waals surface area contributed by atoms with E-state index < -0.39 is 41.7 Å². The maximum atomic E-state index is 13.7. The molecule has 0 radical (unpaired) electrons. The number of halogens is 6. The van der Waals surface area contributed by atoms with E-state index in [-0.39, 0.29) is 61.4 Å². The Bertz CT molecular complexity index is 1440. The van der Waals surface area contributed by atoms with Crippen molar-refractivity contribution in [1.29, 1.82) is 0 Å². The number of ether oxygens (including phenoxy) is 2. The smallest absolute Gasteiger partial charge is 0.416 e. The van der Waals surface area contributed by atoms with Crippen LogP contribution in [0, 0.1) is 18.8 Å². The third kappa shape index (κ3) is 7.50. The van der Waals surface area contributed by atoms with Gasteiger partial charge >= 0.3 is 18.3 Å². The molecule has 46 heavy (non-hydrogen) atoms. The van der Waals surface area contributed by atoms with Crippen molar-refractivity contribution in [2.45, 2.75) is 57.7 Å². The fourth-order valence-electron chi connectivity index (χ4n) is 6.21. The molecule has 0 bridgehead atoms. The minimum atomic E-state index is -5.02. The predicted molar refractivity (Wildman–Crippen MR) is 156 cm³/mol. The Balaban J connectivity index is 1.56. The molecule has 8 nitrogen and oxygen atoms in total. The number of alkyl halides is 6. The lowest BCUT2D eigenvalue weighted by molar-refractivity contribution is -0.150. The fourth-order valence-corrected chi connectivity index (χ4v) is 6.21. The van der Waals surface area contributed by atoms with Crippen molar-refractivity contribution >= 4 is 17.6 Å². The number of hydrogen-bond acceptors (Lipinski definition) is 8. The third-order valence-electron chi connectivity index (χ3n) is 8.62. The molecule has 3 heterocycles. The molecule has 1 saturated heterocycles. The molecule has 3 unspecified atom stereocenters. The zero-order valence-electron chi connectivity index (χ0n) is 25.4. The first-order chi connectivity index (χ1) is 21.8. The summed E-state index contributed by atoms with van der Waals surface area (Å²) in [4.78, 5) is 18.8. The number of esters is 1. The van der Waals surface area contributed by atoms with Gasteiger partial charge in [-0.25, -0.2) is 4.99 Å². The molecule has 0 spiro atoms. The minimum Gasteiger partial charge on any atom is -0.466 e. The number of carbonyl (C=O) groups is 1. The summed E-state index contributed by atoms with van der Waals surface area (Å²) in [5.74, 6) is -1.04. The Morgan fingerprint density at radius 3 is 2.33 bits per heavy atom. The first-order valence-corrected chi connectivity index (χ1v) is 15.1. The van der Waals surface area contributed by atoms with E-state index in [4.69, 9.17) is 9.47 Å². The lowest BCUT2D eigenvalue weighted by atomic mass is 9.88. The van der Waals surface area contributed by atoms with Crippen molar-refractivity contribution in [1.82, 2.24) is 15.3 Å². The SMILES string of the molecule is CCOC(=O)C1CCN(C2C=C(c3ccccc3C)N(O)C(Cc3cc(C(F)(F)F)cc(C(F)(F)F)c3)C3CNCN=C3O2)CC1. The summed E-state index contributed by atoms with van der Waals surface area (Å²) in [5, 5.41) is 16.0. The van der Waals surface area contributed by atoms with Crippen molar-refractivity contribution in [2.24, 2.45) is 16.8 Å². The van der Waals surface area contributed by atoms with E-state index >= 15 is 0 Å². The lowest BCUT2D eigenvalue weighted by Gasteiger charge is -2.43. The van der Waals surface area contributed by atoms with Gasteiger partial charge in [-0.05, 0) is 68.5 Å². The van der Waals surface area contributed by atoms with Crippen molar-refractivity contribution in [3.63, 3.8) is 0 Å². The van der Waals surface area contributed by atoms with Crippen molar-refractivity contribution in [3.05, 3.63) is 76.4 Å². The number of aliphatic imine (C=N–C) groups is 1. The molecule has 14 heteroatoms. The number of piperidine rings is 1. The summed E-state index contributed by atoms with van der Waals surface area (Å²) in [5.41, 5.74) is -1.44. The second-order valence-electron chi connectivity index (χ2n) is 11.7. The second-order valence-corrected chi connectivity index (χ2v) is 11.7. The van der Waals surface area contributed by atoms with Crippen LogP contribution in [0.2, 0.25) is 0 Å². The van der Waals surface area contributed by atoms with Gasteiger partial charge in [0.25, 0.3) is 0 Å². The second kappa shape index (κ2) is 13.6. The Hall–Kier alpha value is -3.62. The molecule has 3 atom stereocenters. The molecule has 0 aromatic heterocycles. The highest BCUT2D eigenvalue weighted by Gasteiger charge is 2.42. The summed E-state index contributed by atoms with van der Waals surface area (Å²) in [7, 11) is 0. The van der Waals surface area contributed by atoms with E-state index in [1.165, 1.54) is 0 Å². The van der Waals surface area contributed by atoms with Crippen LogP contribution in [-0.4, -0.2) is 72.2 Å². The lowest BCUT2D eigenvalue weighted by Crippen LogP contribution is -2.54. The van der Waals surface area contributed by atoms with Crippen LogP contribution in [0.4, 0.5) is 26.3 Å². The van der Waals surface area contributed by atoms with E-state index in [0.717, 1.165) is 10.6 Å². The van der Waals surface area contributed by atoms with E-state index in [1.807, 2.05) is 24.0 Å². The number of aryl methyl sites for hydroxylation is 1. The molecular weight excluding hydrogens is 618 g/mol. The fraction of sp³-hybridized carbons (Fsp3) is 0.500. The number of benzene rings is 2. The van der Waals surface area contributed by atoms with Crippen LogP contribution in [0.5, 0.6) is 0 Å². The molecule has 0 saturated carbocycles. The van der Waals surface area contributed by atoms with Crippen molar-refractivity contribution in [2.75, 3.05) is 32.9 Å². The summed E-state index contributed by atoms with van der Waals surface area (Å²) in [6, 6.07) is 7.58. The molecule has 0 aliphatic carbocycles. The highest BCUT2D eigenvalue weighted by molar-refractivity contribution is 5.82. The molecular formula is C32H36F6N4O4. The number of hydroxylamine groups is 2. The average molecular weight is 655 g/mol. The van der Waals surface area contributed by atoms with Gasteiger partial charge in [0.2, 0.25) is 0 Å². The quantitative estimate of drug-likeness (QED) is 0.297. The number of rotatable bonds is 6. The molecule has 2 aromatic carbocycles. The summed E-state index contributed by atoms with van der Waals surface area (Å²) >= 11 is 0. The maximum Gasteiger partial charge on any atom is 0.416 e. The number of nitrogens with zero attached hydrogens (tertiary/aromatic N) is 3. The van der Waals surface area contributed by atoms with Gasteiger partial charge in [-0.15, -0.1) is 0 Å². The summed E-state index contributed by atoms with van der Waals surface area (Å²) < 4.78 is 94.0. The van der Waals surface area contributed by atoms with Gasteiger partial charge in [0, 0.05) is 25.2 Å². The van der Waals surface area contributed by atoms with Crippen LogP contribution in [0.1, 0.15) is 47.6 Å². The van der Waals surface area contributed by atoms with E-state index in [9.17, 15) is 36.3 Å². The molecule has 250 valence electrons. The molecule has 3 aliphatic heterocycles. The van der Waals surface area contributed by atoms with Crippen molar-refractivity contribution in [3.8, 4) is 0 Å². The molecule has 0 amide bonds. The van der Waals surface area contributed by atoms with Gasteiger partial charge < -0.3 is 9.47 Å². The third-order valence-corrected chi connectivity index (χ3v) is 8.62. The number of nitrogens with one attached hydrogen (secondary N) is 1. The van der Waals surface area contributed by atoms with Crippen LogP contribution in [0.25, 0.3) is 5.70 Å². The van der Waals surface area contributed by atoms with E-state index in [1.54, 1.807) is 25.1 Å². The van der Waals surface area contributed by atoms with E-state index in [2.05, 4.69) is 10.3 Å². The van der Waals surface area contributed by atoms with Crippen LogP contribution >= 0.6 is 0 Å². The van der Waals surface area contributed by atoms with Gasteiger partial charge in [0.05, 0.1) is 48.0 Å². The maximum absolute atomic E-state index is 13.7. The molecule has 2 aromatic rings. The monoisotopic (exact) mass is 654 g/mol. The van der Waals surface area contributed by atoms with Crippen LogP contribution in [0.3, 0.4) is 0 Å². The Morgan fingerprint density at radius 2 is 1.72 bits per heavy atom. The minimum absolute atomic E-state index is 0.0882. The zero-order valence-corrected chi connectivity index (χ0v) is 25.4. The van der Waals surface area contributed by atoms with Crippen LogP contribution in [-0.2, 0) is 33.0 Å². The standard InChI is InChI=1S/C32H36F6N4O4/c1-3-45-30(43)21-8-10-41(11-9-21)28-16-27(24-7-5-4-6-19(24)2)42(44)26(25-17-39-18-40-29(25)46-28)14-20-12-22(31(33,34)35)15-23(13-20)32(36,37)38/h4-7,12-13,15-16,21,25-26,28,39,44H,3,8-11,14,17-18H2,1-2H3. The molecule has 5 rings (SSSR count). The number of likely N-dealkylation sites (tertiary alicyclic amines) is 1. The van der Waals surface area contributed by atoms with Gasteiger partial charge in [-0.3, -0.25) is 25.3 Å². The van der Waals surface area contributed by atoms with Crippen LogP contribution < -0.4 is 5.32 Å². The number of carbonyl (C=O) groups excluding carboxylic acids is 1. The van der Waals surface area contributed by atoms with Crippen LogP contribution in [0.15, 0.2) is 53.5 Å². The molecule has 1 fully saturated rings. The normalized spacial score (nSPS) is 23.4. The van der Waals surface area contributed by atoms with Gasteiger partial charge in [0.1, 0.15) is 0 Å². The average Bonchev–Trinajstić information content (AvgIpc) is 3.01. The number of hydrogen-bond donors (Lipinski definition) is 2. The summed E-state index contributed by atoms with van der Waals surface area (Å²) in [6.45, 7) is 5.19. The largest absolute Gasteiger partial charge is 0.466 e. The summed E-state index contributed by atoms with van der Waals surface area (Å²) in [6.07, 6.45) is -8.42. The van der Waals surface area contributed by atoms with E-state index in [0.29, 0.717) is 43.6 Å².